The van der Waals surface area contributed by atoms with E-state index in [2.05, 4.69) is 20.7 Å². The van der Waals surface area contributed by atoms with E-state index in [-0.39, 0.29) is 5.91 Å². The van der Waals surface area contributed by atoms with E-state index >= 15 is 0 Å². The van der Waals surface area contributed by atoms with Gasteiger partial charge in [-0.25, -0.2) is 12.8 Å². The normalized spacial score (nSPS) is 16.0. The SMILES string of the molecule is CC1(C)Oc2cc(NS(C)(=O)=O)cc(Br)c2N(c2ccc(F)cc2)C1=O. The molecule has 0 bridgehead atoms. The largest absolute Gasteiger partial charge is 0.476 e. The van der Waals surface area contributed by atoms with Crippen LogP contribution in [0.5, 0.6) is 5.75 Å². The molecular weight excluding hydrogens is 427 g/mol. The van der Waals surface area contributed by atoms with Gasteiger partial charge in [0.25, 0.3) is 5.91 Å². The average Bonchev–Trinajstić information content (AvgIpc) is 2.48. The Hall–Kier alpha value is -2.13. The maximum absolute atomic E-state index is 13.3. The summed E-state index contributed by atoms with van der Waals surface area (Å²) in [5, 5.41) is 0. The van der Waals surface area contributed by atoms with E-state index in [9.17, 15) is 17.6 Å². The highest BCUT2D eigenvalue weighted by molar-refractivity contribution is 9.10. The highest BCUT2D eigenvalue weighted by Crippen LogP contribution is 2.47. The van der Waals surface area contributed by atoms with E-state index < -0.39 is 21.4 Å². The smallest absolute Gasteiger partial charge is 0.275 e. The lowest BCUT2D eigenvalue weighted by Gasteiger charge is -2.39. The maximum atomic E-state index is 13.3. The third-order valence-electron chi connectivity index (χ3n) is 3.72. The molecule has 2 aromatic rings. The van der Waals surface area contributed by atoms with Crippen molar-refractivity contribution in [1.29, 1.82) is 0 Å². The summed E-state index contributed by atoms with van der Waals surface area (Å²) in [7, 11) is -3.48. The molecule has 2 aromatic carbocycles. The number of sulfonamides is 1. The summed E-state index contributed by atoms with van der Waals surface area (Å²) in [4.78, 5) is 14.4. The van der Waals surface area contributed by atoms with Gasteiger partial charge in [-0.3, -0.25) is 14.4 Å². The van der Waals surface area contributed by atoms with Crippen LogP contribution in [-0.2, 0) is 14.8 Å². The Morgan fingerprint density at radius 3 is 2.38 bits per heavy atom. The molecule has 1 N–H and O–H groups in total. The van der Waals surface area contributed by atoms with Crippen molar-refractivity contribution in [2.24, 2.45) is 0 Å². The number of fused-ring (bicyclic) bond motifs is 1. The minimum atomic E-state index is -3.48. The number of halogens is 2. The van der Waals surface area contributed by atoms with Crippen LogP contribution in [0.1, 0.15) is 13.8 Å². The number of carbonyl (C=O) groups is 1. The number of anilines is 3. The van der Waals surface area contributed by atoms with Gasteiger partial charge in [-0.05, 0) is 60.1 Å². The zero-order chi connectivity index (χ0) is 19.3. The minimum Gasteiger partial charge on any atom is -0.476 e. The summed E-state index contributed by atoms with van der Waals surface area (Å²) in [5.74, 6) is -0.429. The zero-order valence-corrected chi connectivity index (χ0v) is 16.6. The molecule has 1 aliphatic rings. The lowest BCUT2D eigenvalue weighted by atomic mass is 10.0. The highest BCUT2D eigenvalue weighted by atomic mass is 79.9. The first kappa shape index (κ1) is 18.7. The van der Waals surface area contributed by atoms with Crippen molar-refractivity contribution < 1.29 is 22.3 Å². The number of hydrogen-bond acceptors (Lipinski definition) is 4. The molecule has 3 rings (SSSR count). The molecule has 0 atom stereocenters. The van der Waals surface area contributed by atoms with Gasteiger partial charge in [-0.15, -0.1) is 0 Å². The highest BCUT2D eigenvalue weighted by Gasteiger charge is 2.43. The van der Waals surface area contributed by atoms with E-state index in [4.69, 9.17) is 4.74 Å². The van der Waals surface area contributed by atoms with Crippen LogP contribution in [0.3, 0.4) is 0 Å². The number of nitrogens with one attached hydrogen (secondary N) is 1. The molecule has 0 spiro atoms. The Morgan fingerprint density at radius 1 is 1.19 bits per heavy atom. The molecule has 0 saturated carbocycles. The van der Waals surface area contributed by atoms with E-state index in [0.29, 0.717) is 27.3 Å². The predicted octanol–water partition coefficient (Wildman–Crippen LogP) is 3.80. The quantitative estimate of drug-likeness (QED) is 0.784. The van der Waals surface area contributed by atoms with Crippen LogP contribution < -0.4 is 14.4 Å². The standard InChI is InChI=1S/C17H16BrFN2O4S/c1-17(2)16(22)21(12-6-4-10(19)5-7-12)15-13(18)8-11(9-14(15)25-17)20-26(3,23)24/h4-9,20H,1-3H3. The molecule has 26 heavy (non-hydrogen) atoms. The third kappa shape index (κ3) is 3.54. The summed E-state index contributed by atoms with van der Waals surface area (Å²) in [6, 6.07) is 8.55. The fourth-order valence-electron chi connectivity index (χ4n) is 2.67. The summed E-state index contributed by atoms with van der Waals surface area (Å²) in [5.41, 5.74) is -0.00859. The third-order valence-corrected chi connectivity index (χ3v) is 4.93. The molecule has 138 valence electrons. The van der Waals surface area contributed by atoms with Gasteiger partial charge in [0.2, 0.25) is 10.0 Å². The number of nitrogens with zero attached hydrogens (tertiary/aromatic N) is 1. The van der Waals surface area contributed by atoms with Crippen molar-refractivity contribution >= 4 is 48.9 Å². The summed E-state index contributed by atoms with van der Waals surface area (Å²) < 4.78 is 45.0. The first-order valence-electron chi connectivity index (χ1n) is 7.58. The van der Waals surface area contributed by atoms with Gasteiger partial charge in [-0.1, -0.05) is 0 Å². The van der Waals surface area contributed by atoms with Crippen molar-refractivity contribution in [3.8, 4) is 5.75 Å². The monoisotopic (exact) mass is 442 g/mol. The van der Waals surface area contributed by atoms with Gasteiger partial charge in [0.05, 0.1) is 11.9 Å². The van der Waals surface area contributed by atoms with E-state index in [1.54, 1.807) is 13.8 Å². The Kier molecular flexibility index (Phi) is 4.48. The summed E-state index contributed by atoms with van der Waals surface area (Å²) in [6.45, 7) is 3.22. The van der Waals surface area contributed by atoms with Gasteiger partial charge < -0.3 is 4.74 Å². The molecule has 0 fully saturated rings. The minimum absolute atomic E-state index is 0.294. The van der Waals surface area contributed by atoms with Crippen molar-refractivity contribution in [1.82, 2.24) is 0 Å². The Bertz CT molecular complexity index is 991. The van der Waals surface area contributed by atoms with E-state index in [1.165, 1.54) is 41.3 Å². The molecule has 6 nitrogen and oxygen atoms in total. The topological polar surface area (TPSA) is 75.7 Å². The zero-order valence-electron chi connectivity index (χ0n) is 14.2. The molecule has 0 aromatic heterocycles. The summed E-state index contributed by atoms with van der Waals surface area (Å²) in [6.07, 6.45) is 1.04. The maximum Gasteiger partial charge on any atom is 0.275 e. The number of ether oxygens (including phenoxy) is 1. The van der Waals surface area contributed by atoms with E-state index in [1.807, 2.05) is 0 Å². The first-order chi connectivity index (χ1) is 12.0. The van der Waals surface area contributed by atoms with Gasteiger partial charge in [0, 0.05) is 16.2 Å². The number of hydrogen-bond donors (Lipinski definition) is 1. The fraction of sp³-hybridized carbons (Fsp3) is 0.235. The molecule has 0 radical (unpaired) electrons. The molecule has 1 heterocycles. The molecule has 1 aliphatic heterocycles. The summed E-state index contributed by atoms with van der Waals surface area (Å²) >= 11 is 3.37. The number of benzene rings is 2. The van der Waals surface area contributed by atoms with Crippen molar-refractivity contribution in [2.75, 3.05) is 15.9 Å². The molecule has 0 aliphatic carbocycles. The lowest BCUT2D eigenvalue weighted by molar-refractivity contribution is -0.131. The average molecular weight is 443 g/mol. The van der Waals surface area contributed by atoms with Crippen molar-refractivity contribution in [3.63, 3.8) is 0 Å². The van der Waals surface area contributed by atoms with E-state index in [0.717, 1.165) is 6.26 Å². The molecule has 9 heteroatoms. The molecule has 1 amide bonds. The van der Waals surface area contributed by atoms with Crippen LogP contribution >= 0.6 is 15.9 Å². The van der Waals surface area contributed by atoms with Gasteiger partial charge >= 0.3 is 0 Å². The fourth-order valence-corrected chi connectivity index (χ4v) is 3.83. The van der Waals surface area contributed by atoms with Crippen molar-refractivity contribution in [2.45, 2.75) is 19.4 Å². The molecule has 0 unspecified atom stereocenters. The second-order valence-corrected chi connectivity index (χ2v) is 9.01. The number of carbonyl (C=O) groups excluding carboxylic acids is 1. The number of amides is 1. The van der Waals surface area contributed by atoms with Gasteiger partial charge in [0.1, 0.15) is 17.3 Å². The lowest BCUT2D eigenvalue weighted by Crippen LogP contribution is -2.50. The van der Waals surface area contributed by atoms with Crippen LogP contribution in [0, 0.1) is 5.82 Å². The Labute approximate surface area is 159 Å². The number of rotatable bonds is 3. The molecule has 0 saturated heterocycles. The van der Waals surface area contributed by atoms with Crippen molar-refractivity contribution in [3.05, 3.63) is 46.7 Å². The van der Waals surface area contributed by atoms with Gasteiger partial charge in [-0.2, -0.15) is 0 Å². The van der Waals surface area contributed by atoms with Crippen LogP contribution in [0.2, 0.25) is 0 Å². The predicted molar refractivity (Wildman–Crippen MR) is 101 cm³/mol. The Balaban J connectivity index is 2.19. The van der Waals surface area contributed by atoms with Crippen LogP contribution in [0.25, 0.3) is 0 Å². The second-order valence-electron chi connectivity index (χ2n) is 6.41. The Morgan fingerprint density at radius 2 is 1.81 bits per heavy atom. The van der Waals surface area contributed by atoms with Gasteiger partial charge in [0.15, 0.2) is 5.60 Å². The van der Waals surface area contributed by atoms with Crippen LogP contribution in [0.4, 0.5) is 21.5 Å². The second kappa shape index (κ2) is 6.24. The molecular formula is C17H16BrFN2O4S. The first-order valence-corrected chi connectivity index (χ1v) is 10.3. The van der Waals surface area contributed by atoms with Crippen LogP contribution in [-0.4, -0.2) is 26.2 Å². The van der Waals surface area contributed by atoms with Crippen LogP contribution in [0.15, 0.2) is 40.9 Å².